The molecular weight excluding hydrogens is 422 g/mol. The van der Waals surface area contributed by atoms with Crippen molar-refractivity contribution >= 4 is 27.7 Å². The second-order valence-corrected chi connectivity index (χ2v) is 10.4. The average molecular weight is 456 g/mol. The van der Waals surface area contributed by atoms with E-state index in [0.717, 1.165) is 31.5 Å². The normalized spacial score (nSPS) is 15.4. The van der Waals surface area contributed by atoms with Gasteiger partial charge in [0.2, 0.25) is 15.9 Å². The van der Waals surface area contributed by atoms with E-state index in [0.29, 0.717) is 18.8 Å². The third-order valence-corrected chi connectivity index (χ3v) is 6.83. The Morgan fingerprint density at radius 3 is 2.25 bits per heavy atom. The van der Waals surface area contributed by atoms with Crippen LogP contribution < -0.4 is 4.31 Å². The molecule has 1 amide bonds. The molecule has 1 saturated heterocycles. The standard InChI is InChI=1S/C25H33N3O3S/c1-21(2)23-13-7-8-14-24(23)28(32(3,30)31)20-25(29)27-18-16-26(17-19-27)15-9-12-22-10-5-4-6-11-22/h4-14,21H,15-20H2,1-3H3/b12-9+. The van der Waals surface area contributed by atoms with Crippen LogP contribution in [0.4, 0.5) is 5.69 Å². The van der Waals surface area contributed by atoms with Gasteiger partial charge in [0.05, 0.1) is 11.9 Å². The van der Waals surface area contributed by atoms with Crippen molar-refractivity contribution < 1.29 is 13.2 Å². The highest BCUT2D eigenvalue weighted by Crippen LogP contribution is 2.29. The summed E-state index contributed by atoms with van der Waals surface area (Å²) in [5.74, 6) is -0.00787. The van der Waals surface area contributed by atoms with Crippen LogP contribution in [-0.4, -0.2) is 69.6 Å². The molecule has 0 N–H and O–H groups in total. The zero-order valence-corrected chi connectivity index (χ0v) is 20.0. The predicted molar refractivity (Wildman–Crippen MR) is 131 cm³/mol. The molecule has 1 heterocycles. The molecule has 0 saturated carbocycles. The van der Waals surface area contributed by atoms with Crippen LogP contribution in [-0.2, 0) is 14.8 Å². The molecule has 2 aromatic rings. The summed E-state index contributed by atoms with van der Waals surface area (Å²) in [6.45, 7) is 7.44. The third-order valence-electron chi connectivity index (χ3n) is 5.71. The van der Waals surface area contributed by atoms with Gasteiger partial charge in [-0.25, -0.2) is 8.42 Å². The molecule has 0 radical (unpaired) electrons. The van der Waals surface area contributed by atoms with Gasteiger partial charge >= 0.3 is 0 Å². The van der Waals surface area contributed by atoms with Crippen LogP contribution in [0.2, 0.25) is 0 Å². The summed E-state index contributed by atoms with van der Waals surface area (Å²) in [6.07, 6.45) is 5.41. The topological polar surface area (TPSA) is 60.9 Å². The molecule has 1 fully saturated rings. The summed E-state index contributed by atoms with van der Waals surface area (Å²) >= 11 is 0. The molecule has 0 spiro atoms. The summed E-state index contributed by atoms with van der Waals surface area (Å²) in [7, 11) is -3.59. The van der Waals surface area contributed by atoms with Gasteiger partial charge in [0.15, 0.2) is 0 Å². The van der Waals surface area contributed by atoms with Gasteiger partial charge in [0.25, 0.3) is 0 Å². The number of rotatable bonds is 8. The van der Waals surface area contributed by atoms with Gasteiger partial charge in [-0.15, -0.1) is 0 Å². The van der Waals surface area contributed by atoms with Crippen LogP contribution in [0.25, 0.3) is 6.08 Å². The van der Waals surface area contributed by atoms with Crippen LogP contribution >= 0.6 is 0 Å². The van der Waals surface area contributed by atoms with E-state index in [1.54, 1.807) is 11.0 Å². The van der Waals surface area contributed by atoms with Crippen molar-refractivity contribution in [2.24, 2.45) is 0 Å². The van der Waals surface area contributed by atoms with E-state index < -0.39 is 10.0 Å². The minimum absolute atomic E-state index is 0.151. The molecule has 1 aliphatic heterocycles. The first-order chi connectivity index (χ1) is 15.3. The Hall–Kier alpha value is -2.64. The summed E-state index contributed by atoms with van der Waals surface area (Å²) in [6, 6.07) is 17.6. The Balaban J connectivity index is 1.60. The lowest BCUT2D eigenvalue weighted by atomic mass is 10.0. The molecule has 1 aliphatic rings. The van der Waals surface area contributed by atoms with E-state index in [-0.39, 0.29) is 18.4 Å². The maximum absolute atomic E-state index is 13.0. The minimum Gasteiger partial charge on any atom is -0.339 e. The highest BCUT2D eigenvalue weighted by molar-refractivity contribution is 7.92. The molecule has 0 unspecified atom stereocenters. The van der Waals surface area contributed by atoms with Gasteiger partial charge in [-0.05, 0) is 23.1 Å². The quantitative estimate of drug-likeness (QED) is 0.612. The fraction of sp³-hybridized carbons (Fsp3) is 0.400. The number of anilines is 1. The van der Waals surface area contributed by atoms with Gasteiger partial charge in [0.1, 0.15) is 6.54 Å². The molecule has 6 nitrogen and oxygen atoms in total. The molecule has 0 atom stereocenters. The average Bonchev–Trinajstić information content (AvgIpc) is 2.77. The second kappa shape index (κ2) is 10.8. The molecule has 2 aromatic carbocycles. The van der Waals surface area contributed by atoms with Crippen LogP contribution in [0.1, 0.15) is 30.9 Å². The summed E-state index contributed by atoms with van der Waals surface area (Å²) in [5, 5.41) is 0. The maximum Gasteiger partial charge on any atom is 0.243 e. The Morgan fingerprint density at radius 2 is 1.62 bits per heavy atom. The van der Waals surface area contributed by atoms with Gasteiger partial charge < -0.3 is 4.90 Å². The van der Waals surface area contributed by atoms with Gasteiger partial charge in [-0.3, -0.25) is 14.0 Å². The van der Waals surface area contributed by atoms with Gasteiger partial charge in [0, 0.05) is 32.7 Å². The van der Waals surface area contributed by atoms with Crippen LogP contribution in [0, 0.1) is 0 Å². The number of hydrogen-bond acceptors (Lipinski definition) is 4. The Labute approximate surface area is 192 Å². The van der Waals surface area contributed by atoms with Crippen LogP contribution in [0.5, 0.6) is 0 Å². The van der Waals surface area contributed by atoms with Crippen molar-refractivity contribution in [1.29, 1.82) is 0 Å². The van der Waals surface area contributed by atoms with Crippen molar-refractivity contribution in [2.45, 2.75) is 19.8 Å². The maximum atomic E-state index is 13.0. The van der Waals surface area contributed by atoms with E-state index >= 15 is 0 Å². The second-order valence-electron chi connectivity index (χ2n) is 8.48. The number of carbonyl (C=O) groups is 1. The highest BCUT2D eigenvalue weighted by atomic mass is 32.2. The number of carbonyl (C=O) groups excluding carboxylic acids is 1. The van der Waals surface area contributed by atoms with Gasteiger partial charge in [-0.2, -0.15) is 0 Å². The SMILES string of the molecule is CC(C)c1ccccc1N(CC(=O)N1CCN(C/C=C/c2ccccc2)CC1)S(C)(=O)=O. The Kier molecular flexibility index (Phi) is 8.10. The van der Waals surface area contributed by atoms with Crippen LogP contribution in [0.15, 0.2) is 60.7 Å². The van der Waals surface area contributed by atoms with Gasteiger partial charge in [-0.1, -0.05) is 74.5 Å². The number of sulfonamides is 1. The highest BCUT2D eigenvalue weighted by Gasteiger charge is 2.27. The lowest BCUT2D eigenvalue weighted by Crippen LogP contribution is -2.51. The molecule has 0 aromatic heterocycles. The fourth-order valence-electron chi connectivity index (χ4n) is 3.89. The first kappa shape index (κ1) is 24.0. The van der Waals surface area contributed by atoms with Crippen LogP contribution in [0.3, 0.4) is 0 Å². The lowest BCUT2D eigenvalue weighted by molar-refractivity contribution is -0.131. The number of hydrogen-bond donors (Lipinski definition) is 0. The molecular formula is C25H33N3O3S. The smallest absolute Gasteiger partial charge is 0.243 e. The van der Waals surface area contributed by atoms with Crippen molar-refractivity contribution in [1.82, 2.24) is 9.80 Å². The van der Waals surface area contributed by atoms with E-state index in [9.17, 15) is 13.2 Å². The lowest BCUT2D eigenvalue weighted by Gasteiger charge is -2.35. The molecule has 3 rings (SSSR count). The molecule has 172 valence electrons. The van der Waals surface area contributed by atoms with E-state index in [2.05, 4.69) is 29.2 Å². The van der Waals surface area contributed by atoms with Crippen molar-refractivity contribution in [3.63, 3.8) is 0 Å². The number of nitrogens with zero attached hydrogens (tertiary/aromatic N) is 3. The monoisotopic (exact) mass is 455 g/mol. The largest absolute Gasteiger partial charge is 0.339 e. The molecule has 32 heavy (non-hydrogen) atoms. The first-order valence-electron chi connectivity index (χ1n) is 11.0. The zero-order valence-electron chi connectivity index (χ0n) is 19.1. The number of amides is 1. The summed E-state index contributed by atoms with van der Waals surface area (Å²) < 4.78 is 26.4. The van der Waals surface area contributed by atoms with Crippen molar-refractivity contribution in [3.8, 4) is 0 Å². The van der Waals surface area contributed by atoms with Crippen molar-refractivity contribution in [2.75, 3.05) is 49.8 Å². The zero-order chi connectivity index (χ0) is 23.1. The summed E-state index contributed by atoms with van der Waals surface area (Å²) in [5.41, 5.74) is 2.67. The van der Waals surface area contributed by atoms with E-state index in [4.69, 9.17) is 0 Å². The van der Waals surface area contributed by atoms with Crippen molar-refractivity contribution in [3.05, 3.63) is 71.8 Å². The molecule has 0 aliphatic carbocycles. The molecule has 0 bridgehead atoms. The Morgan fingerprint density at radius 1 is 1.00 bits per heavy atom. The first-order valence-corrected chi connectivity index (χ1v) is 12.9. The summed E-state index contributed by atoms with van der Waals surface area (Å²) in [4.78, 5) is 17.1. The van der Waals surface area contributed by atoms with E-state index in [1.807, 2.05) is 50.2 Å². The number of benzene rings is 2. The van der Waals surface area contributed by atoms with E-state index in [1.165, 1.54) is 9.87 Å². The predicted octanol–water partition coefficient (Wildman–Crippen LogP) is 3.43. The minimum atomic E-state index is -3.59. The number of para-hydroxylation sites is 1. The number of piperazine rings is 1. The fourth-order valence-corrected chi connectivity index (χ4v) is 4.76. The Bertz CT molecular complexity index is 1030. The molecule has 7 heteroatoms. The third kappa shape index (κ3) is 6.43.